The summed E-state index contributed by atoms with van der Waals surface area (Å²) in [7, 11) is 0. The summed E-state index contributed by atoms with van der Waals surface area (Å²) in [6.07, 6.45) is 2.08. The maximum Gasteiger partial charge on any atom is 0.332 e. The van der Waals surface area contributed by atoms with Crippen molar-refractivity contribution < 1.29 is 14.6 Å². The highest BCUT2D eigenvalue weighted by Gasteiger charge is 2.29. The fraction of sp³-hybridized carbons (Fsp3) is 0.917. The average Bonchev–Trinajstić information content (AvgIpc) is 2.59. The molecule has 0 saturated carbocycles. The summed E-state index contributed by atoms with van der Waals surface area (Å²) in [4.78, 5) is 10.7. The van der Waals surface area contributed by atoms with Crippen LogP contribution in [0.2, 0.25) is 0 Å². The second kappa shape index (κ2) is 5.64. The van der Waals surface area contributed by atoms with Gasteiger partial charge >= 0.3 is 5.97 Å². The lowest BCUT2D eigenvalue weighted by molar-refractivity contribution is -0.149. The normalized spacial score (nSPS) is 25.9. The molecule has 0 spiro atoms. The van der Waals surface area contributed by atoms with Crippen LogP contribution in [-0.2, 0) is 9.53 Å². The Kier molecular flexibility index (Phi) is 4.74. The first kappa shape index (κ1) is 13.5. The van der Waals surface area contributed by atoms with Gasteiger partial charge in [0, 0.05) is 6.54 Å². The highest BCUT2D eigenvalue weighted by molar-refractivity contribution is 5.72. The van der Waals surface area contributed by atoms with Crippen molar-refractivity contribution in [2.45, 2.75) is 52.2 Å². The first-order valence-corrected chi connectivity index (χ1v) is 5.97. The van der Waals surface area contributed by atoms with Gasteiger partial charge in [0.05, 0.1) is 6.10 Å². The first-order chi connectivity index (χ1) is 7.38. The van der Waals surface area contributed by atoms with E-state index in [1.165, 1.54) is 0 Å². The molecule has 1 saturated heterocycles. The molecular weight excluding hydrogens is 206 g/mol. The second-order valence-electron chi connectivity index (χ2n) is 5.68. The van der Waals surface area contributed by atoms with E-state index in [1.807, 2.05) is 0 Å². The van der Waals surface area contributed by atoms with E-state index in [2.05, 4.69) is 26.1 Å². The Bertz CT molecular complexity index is 235. The third-order valence-corrected chi connectivity index (χ3v) is 2.81. The molecule has 1 fully saturated rings. The molecule has 2 N–H and O–H groups in total. The molecular formula is C12H23NO3. The molecule has 1 aliphatic rings. The average molecular weight is 229 g/mol. The Morgan fingerprint density at radius 1 is 1.44 bits per heavy atom. The molecule has 0 aromatic rings. The van der Waals surface area contributed by atoms with E-state index >= 15 is 0 Å². The third-order valence-electron chi connectivity index (χ3n) is 2.81. The van der Waals surface area contributed by atoms with E-state index in [4.69, 9.17) is 9.84 Å². The summed E-state index contributed by atoms with van der Waals surface area (Å²) in [5.41, 5.74) is 0.340. The van der Waals surface area contributed by atoms with Crippen LogP contribution in [0.25, 0.3) is 0 Å². The predicted molar refractivity (Wildman–Crippen MR) is 62.5 cm³/mol. The lowest BCUT2D eigenvalue weighted by atomic mass is 9.92. The molecule has 0 bridgehead atoms. The molecule has 0 aromatic heterocycles. The van der Waals surface area contributed by atoms with E-state index in [0.717, 1.165) is 25.9 Å². The lowest BCUT2D eigenvalue weighted by Gasteiger charge is -2.19. The molecule has 0 radical (unpaired) electrons. The van der Waals surface area contributed by atoms with Crippen molar-refractivity contribution in [1.29, 1.82) is 0 Å². The van der Waals surface area contributed by atoms with E-state index < -0.39 is 12.1 Å². The third kappa shape index (κ3) is 4.94. The monoisotopic (exact) mass is 229 g/mol. The fourth-order valence-electron chi connectivity index (χ4n) is 1.76. The zero-order chi connectivity index (χ0) is 12.2. The Labute approximate surface area is 97.4 Å². The largest absolute Gasteiger partial charge is 0.479 e. The van der Waals surface area contributed by atoms with E-state index in [-0.39, 0.29) is 6.10 Å². The molecule has 16 heavy (non-hydrogen) atoms. The number of carboxylic acid groups (broad SMARTS) is 1. The zero-order valence-electron chi connectivity index (χ0n) is 10.5. The van der Waals surface area contributed by atoms with Gasteiger partial charge in [0.25, 0.3) is 0 Å². The minimum absolute atomic E-state index is 0.0704. The van der Waals surface area contributed by atoms with Crippen LogP contribution in [0.4, 0.5) is 0 Å². The van der Waals surface area contributed by atoms with Gasteiger partial charge in [-0.3, -0.25) is 0 Å². The molecule has 1 rings (SSSR count). The summed E-state index contributed by atoms with van der Waals surface area (Å²) < 4.78 is 5.39. The zero-order valence-corrected chi connectivity index (χ0v) is 10.5. The van der Waals surface area contributed by atoms with Crippen LogP contribution in [0.15, 0.2) is 0 Å². The highest BCUT2D eigenvalue weighted by atomic mass is 16.5. The van der Waals surface area contributed by atoms with E-state index in [0.29, 0.717) is 11.8 Å². The number of rotatable bonds is 5. The van der Waals surface area contributed by atoms with Gasteiger partial charge in [0.2, 0.25) is 0 Å². The van der Waals surface area contributed by atoms with Crippen molar-refractivity contribution in [2.75, 3.05) is 13.1 Å². The quantitative estimate of drug-likeness (QED) is 0.704. The van der Waals surface area contributed by atoms with Crippen LogP contribution in [0, 0.1) is 5.41 Å². The van der Waals surface area contributed by atoms with Gasteiger partial charge in [0.15, 0.2) is 6.10 Å². The van der Waals surface area contributed by atoms with Gasteiger partial charge in [-0.25, -0.2) is 4.79 Å². The lowest BCUT2D eigenvalue weighted by Crippen LogP contribution is -2.30. The summed E-state index contributed by atoms with van der Waals surface area (Å²) >= 11 is 0. The van der Waals surface area contributed by atoms with Crippen LogP contribution in [-0.4, -0.2) is 36.4 Å². The van der Waals surface area contributed by atoms with Crippen molar-refractivity contribution in [3.63, 3.8) is 0 Å². The molecule has 2 atom stereocenters. The van der Waals surface area contributed by atoms with Gasteiger partial charge in [-0.1, -0.05) is 20.8 Å². The number of hydrogen-bond donors (Lipinski definition) is 2. The van der Waals surface area contributed by atoms with E-state index in [1.54, 1.807) is 0 Å². The summed E-state index contributed by atoms with van der Waals surface area (Å²) in [6, 6.07) is 0. The van der Waals surface area contributed by atoms with E-state index in [9.17, 15) is 4.79 Å². The van der Waals surface area contributed by atoms with Gasteiger partial charge in [-0.2, -0.15) is 0 Å². The number of carboxylic acids is 1. The molecule has 1 aliphatic heterocycles. The van der Waals surface area contributed by atoms with Crippen molar-refractivity contribution >= 4 is 5.97 Å². The molecule has 0 aliphatic carbocycles. The second-order valence-corrected chi connectivity index (χ2v) is 5.68. The van der Waals surface area contributed by atoms with Crippen LogP contribution in [0.1, 0.15) is 40.0 Å². The summed E-state index contributed by atoms with van der Waals surface area (Å²) in [5, 5.41) is 12.1. The van der Waals surface area contributed by atoms with Crippen molar-refractivity contribution in [3.05, 3.63) is 0 Å². The molecule has 0 amide bonds. The highest BCUT2D eigenvalue weighted by Crippen LogP contribution is 2.20. The van der Waals surface area contributed by atoms with Gasteiger partial charge in [0.1, 0.15) is 0 Å². The fourth-order valence-corrected chi connectivity index (χ4v) is 1.76. The Hall–Kier alpha value is -0.610. The standard InChI is InChI=1S/C12H23NO3/c1-12(2,3)6-7-13-8-9-4-5-10(16-9)11(14)15/h9-10,13H,4-8H2,1-3H3,(H,14,15). The number of nitrogens with one attached hydrogen (secondary N) is 1. The number of carbonyl (C=O) groups is 1. The van der Waals surface area contributed by atoms with Crippen molar-refractivity contribution in [1.82, 2.24) is 5.32 Å². The molecule has 0 aromatic carbocycles. The van der Waals surface area contributed by atoms with Crippen molar-refractivity contribution in [3.8, 4) is 0 Å². The maximum absolute atomic E-state index is 10.7. The van der Waals surface area contributed by atoms with Gasteiger partial charge in [-0.05, 0) is 31.2 Å². The molecule has 4 nitrogen and oxygen atoms in total. The topological polar surface area (TPSA) is 58.6 Å². The van der Waals surface area contributed by atoms with Crippen molar-refractivity contribution in [2.24, 2.45) is 5.41 Å². The van der Waals surface area contributed by atoms with Crippen LogP contribution in [0.3, 0.4) is 0 Å². The smallest absolute Gasteiger partial charge is 0.332 e. The number of aliphatic carboxylic acids is 1. The van der Waals surface area contributed by atoms with Gasteiger partial charge < -0.3 is 15.2 Å². The van der Waals surface area contributed by atoms with Gasteiger partial charge in [-0.15, -0.1) is 0 Å². The SMILES string of the molecule is CC(C)(C)CCNCC1CCC(C(=O)O)O1. The molecule has 2 unspecified atom stereocenters. The first-order valence-electron chi connectivity index (χ1n) is 5.97. The molecule has 94 valence electrons. The predicted octanol–water partition coefficient (Wildman–Crippen LogP) is 1.64. The molecule has 1 heterocycles. The number of hydrogen-bond acceptors (Lipinski definition) is 3. The van der Waals surface area contributed by atoms with Crippen LogP contribution < -0.4 is 5.32 Å². The van der Waals surface area contributed by atoms with Crippen LogP contribution >= 0.6 is 0 Å². The summed E-state index contributed by atoms with van der Waals surface area (Å²) in [5.74, 6) is -0.836. The Morgan fingerprint density at radius 3 is 2.62 bits per heavy atom. The Morgan fingerprint density at radius 2 is 2.12 bits per heavy atom. The van der Waals surface area contributed by atoms with Crippen LogP contribution in [0.5, 0.6) is 0 Å². The Balaban J connectivity index is 2.09. The maximum atomic E-state index is 10.7. The molecule has 4 heteroatoms. The number of ether oxygens (including phenoxy) is 1. The minimum atomic E-state index is -0.836. The minimum Gasteiger partial charge on any atom is -0.479 e. The summed E-state index contributed by atoms with van der Waals surface area (Å²) in [6.45, 7) is 8.35.